The van der Waals surface area contributed by atoms with Gasteiger partial charge in [-0.2, -0.15) is 0 Å². The summed E-state index contributed by atoms with van der Waals surface area (Å²) in [5.41, 5.74) is 1.18. The number of methoxy groups -OCH3 is 1. The van der Waals surface area contributed by atoms with Gasteiger partial charge in [0, 0.05) is 0 Å². The van der Waals surface area contributed by atoms with Crippen molar-refractivity contribution in [3.8, 4) is 5.75 Å². The molecule has 0 fully saturated rings. The Morgan fingerprint density at radius 3 is 2.24 bits per heavy atom. The SMILES string of the molecule is COc1cc(C(=O)O)ccc1C.CS(N)(=O)=O. The molecular weight excluding hydrogens is 246 g/mol. The van der Waals surface area contributed by atoms with Gasteiger partial charge in [-0.15, -0.1) is 0 Å². The molecular formula is C10H15NO5S. The van der Waals surface area contributed by atoms with Crippen LogP contribution in [0.4, 0.5) is 0 Å². The van der Waals surface area contributed by atoms with Crippen molar-refractivity contribution in [2.75, 3.05) is 13.4 Å². The molecule has 1 rings (SSSR count). The van der Waals surface area contributed by atoms with Crippen LogP contribution in [0.5, 0.6) is 5.75 Å². The van der Waals surface area contributed by atoms with Crippen LogP contribution in [0.1, 0.15) is 15.9 Å². The molecule has 1 aromatic rings. The zero-order valence-electron chi connectivity index (χ0n) is 9.80. The minimum Gasteiger partial charge on any atom is -0.496 e. The summed E-state index contributed by atoms with van der Waals surface area (Å²) >= 11 is 0. The van der Waals surface area contributed by atoms with Gasteiger partial charge in [-0.05, 0) is 24.6 Å². The van der Waals surface area contributed by atoms with Crippen molar-refractivity contribution in [3.05, 3.63) is 29.3 Å². The monoisotopic (exact) mass is 261 g/mol. The second-order valence-electron chi connectivity index (χ2n) is 3.32. The third-order valence-corrected chi connectivity index (χ3v) is 1.66. The van der Waals surface area contributed by atoms with E-state index in [1.165, 1.54) is 13.2 Å². The molecule has 0 aliphatic carbocycles. The van der Waals surface area contributed by atoms with Gasteiger partial charge in [-0.25, -0.2) is 18.4 Å². The zero-order chi connectivity index (χ0) is 13.6. The first kappa shape index (κ1) is 15.4. The number of ether oxygens (including phenoxy) is 1. The summed E-state index contributed by atoms with van der Waals surface area (Å²) in [6.07, 6.45) is 0.938. The third kappa shape index (κ3) is 7.31. The molecule has 0 aliphatic rings. The predicted molar refractivity (Wildman–Crippen MR) is 63.7 cm³/mol. The Morgan fingerprint density at radius 1 is 1.41 bits per heavy atom. The molecule has 0 amide bonds. The van der Waals surface area contributed by atoms with Gasteiger partial charge in [0.1, 0.15) is 5.75 Å². The molecule has 0 atom stereocenters. The van der Waals surface area contributed by atoms with Crippen molar-refractivity contribution in [1.29, 1.82) is 0 Å². The van der Waals surface area contributed by atoms with Crippen molar-refractivity contribution in [2.24, 2.45) is 5.14 Å². The number of nitrogens with two attached hydrogens (primary N) is 1. The highest BCUT2D eigenvalue weighted by molar-refractivity contribution is 7.88. The van der Waals surface area contributed by atoms with E-state index in [9.17, 15) is 13.2 Å². The number of aromatic carboxylic acids is 1. The second kappa shape index (κ2) is 6.21. The molecule has 0 saturated heterocycles. The van der Waals surface area contributed by atoms with E-state index in [0.717, 1.165) is 11.8 Å². The van der Waals surface area contributed by atoms with Crippen molar-refractivity contribution < 1.29 is 23.1 Å². The summed E-state index contributed by atoms with van der Waals surface area (Å²) in [4.78, 5) is 10.5. The molecule has 7 heteroatoms. The average molecular weight is 261 g/mol. The summed E-state index contributed by atoms with van der Waals surface area (Å²) in [5, 5.41) is 13.0. The fourth-order valence-electron chi connectivity index (χ4n) is 0.953. The lowest BCUT2D eigenvalue weighted by molar-refractivity contribution is 0.0696. The van der Waals surface area contributed by atoms with E-state index in [4.69, 9.17) is 9.84 Å². The minimum absolute atomic E-state index is 0.248. The van der Waals surface area contributed by atoms with Crippen LogP contribution in [0.25, 0.3) is 0 Å². The van der Waals surface area contributed by atoms with Crippen LogP contribution in [-0.4, -0.2) is 32.9 Å². The predicted octanol–water partition coefficient (Wildman–Crippen LogP) is 0.607. The molecule has 17 heavy (non-hydrogen) atoms. The molecule has 0 aromatic heterocycles. The van der Waals surface area contributed by atoms with Gasteiger partial charge in [0.15, 0.2) is 0 Å². The van der Waals surface area contributed by atoms with E-state index in [1.807, 2.05) is 6.92 Å². The molecule has 0 spiro atoms. The highest BCUT2D eigenvalue weighted by Crippen LogP contribution is 2.18. The Kier molecular flexibility index (Phi) is 5.63. The van der Waals surface area contributed by atoms with Gasteiger partial charge >= 0.3 is 5.97 Å². The second-order valence-corrected chi connectivity index (χ2v) is 4.98. The van der Waals surface area contributed by atoms with E-state index in [1.54, 1.807) is 12.1 Å². The Bertz CT molecular complexity index is 487. The number of rotatable bonds is 2. The molecule has 6 nitrogen and oxygen atoms in total. The molecule has 0 bridgehead atoms. The van der Waals surface area contributed by atoms with Crippen molar-refractivity contribution in [3.63, 3.8) is 0 Å². The van der Waals surface area contributed by atoms with Crippen molar-refractivity contribution in [2.45, 2.75) is 6.92 Å². The molecule has 0 radical (unpaired) electrons. The Hall–Kier alpha value is -1.60. The number of carbonyl (C=O) groups is 1. The van der Waals surface area contributed by atoms with E-state index in [0.29, 0.717) is 5.75 Å². The van der Waals surface area contributed by atoms with Crippen LogP contribution in [0.15, 0.2) is 18.2 Å². The Morgan fingerprint density at radius 2 is 1.88 bits per heavy atom. The van der Waals surface area contributed by atoms with Crippen LogP contribution in [0.3, 0.4) is 0 Å². The van der Waals surface area contributed by atoms with Crippen LogP contribution >= 0.6 is 0 Å². The molecule has 0 saturated carbocycles. The number of carboxylic acids is 1. The fourth-order valence-corrected chi connectivity index (χ4v) is 0.953. The molecule has 96 valence electrons. The lowest BCUT2D eigenvalue weighted by atomic mass is 10.1. The Balaban J connectivity index is 0.000000437. The Labute approximate surface area is 100 Å². The highest BCUT2D eigenvalue weighted by atomic mass is 32.2. The normalized spacial score (nSPS) is 10.1. The van der Waals surface area contributed by atoms with Gasteiger partial charge in [0.05, 0.1) is 18.9 Å². The van der Waals surface area contributed by atoms with E-state index >= 15 is 0 Å². The first-order valence-corrected chi connectivity index (χ1v) is 6.46. The average Bonchev–Trinajstić information content (AvgIpc) is 2.15. The number of sulfonamides is 1. The topological polar surface area (TPSA) is 107 Å². The molecule has 1 aromatic carbocycles. The van der Waals surface area contributed by atoms with Crippen molar-refractivity contribution >= 4 is 16.0 Å². The quantitative estimate of drug-likeness (QED) is 0.811. The van der Waals surface area contributed by atoms with Crippen LogP contribution in [0.2, 0.25) is 0 Å². The lowest BCUT2D eigenvalue weighted by Crippen LogP contribution is -2.07. The van der Waals surface area contributed by atoms with Crippen LogP contribution in [-0.2, 0) is 10.0 Å². The van der Waals surface area contributed by atoms with E-state index < -0.39 is 16.0 Å². The van der Waals surface area contributed by atoms with Gasteiger partial charge in [0.25, 0.3) is 0 Å². The highest BCUT2D eigenvalue weighted by Gasteiger charge is 2.05. The summed E-state index contributed by atoms with van der Waals surface area (Å²) in [6, 6.07) is 4.79. The number of primary sulfonamides is 1. The van der Waals surface area contributed by atoms with Gasteiger partial charge in [-0.3, -0.25) is 0 Å². The molecule has 0 heterocycles. The van der Waals surface area contributed by atoms with Gasteiger partial charge in [0.2, 0.25) is 10.0 Å². The minimum atomic E-state index is -3.17. The van der Waals surface area contributed by atoms with Gasteiger partial charge < -0.3 is 9.84 Å². The summed E-state index contributed by atoms with van der Waals surface area (Å²) in [7, 11) is -1.64. The van der Waals surface area contributed by atoms with E-state index in [-0.39, 0.29) is 5.56 Å². The fraction of sp³-hybridized carbons (Fsp3) is 0.300. The number of carboxylic acid groups (broad SMARTS) is 1. The van der Waals surface area contributed by atoms with E-state index in [2.05, 4.69) is 5.14 Å². The number of hydrogen-bond acceptors (Lipinski definition) is 4. The first-order valence-electron chi connectivity index (χ1n) is 4.51. The maximum Gasteiger partial charge on any atom is 0.335 e. The number of aryl methyl sites for hydroxylation is 1. The maximum absolute atomic E-state index is 10.5. The number of benzene rings is 1. The summed E-state index contributed by atoms with van der Waals surface area (Å²) < 4.78 is 23.8. The summed E-state index contributed by atoms with van der Waals surface area (Å²) in [5.74, 6) is -0.330. The van der Waals surface area contributed by atoms with Crippen molar-refractivity contribution in [1.82, 2.24) is 0 Å². The van der Waals surface area contributed by atoms with Crippen LogP contribution < -0.4 is 9.88 Å². The smallest absolute Gasteiger partial charge is 0.335 e. The largest absolute Gasteiger partial charge is 0.496 e. The molecule has 0 aliphatic heterocycles. The molecule has 3 N–H and O–H groups in total. The standard InChI is InChI=1S/C9H10O3.CH5NO2S/c1-6-3-4-7(9(10)11)5-8(6)12-2;1-5(2,3)4/h3-5H,1-2H3,(H,10,11);1H3,(H2,2,3,4). The van der Waals surface area contributed by atoms with Gasteiger partial charge in [-0.1, -0.05) is 6.07 Å². The number of hydrogen-bond donors (Lipinski definition) is 2. The maximum atomic E-state index is 10.5. The lowest BCUT2D eigenvalue weighted by Gasteiger charge is -2.04. The first-order chi connectivity index (χ1) is 7.65. The third-order valence-electron chi connectivity index (χ3n) is 1.66. The molecule has 0 unspecified atom stereocenters. The summed E-state index contributed by atoms with van der Waals surface area (Å²) in [6.45, 7) is 1.87. The zero-order valence-corrected chi connectivity index (χ0v) is 10.6. The van der Waals surface area contributed by atoms with Crippen LogP contribution in [0, 0.1) is 6.92 Å².